The normalized spacial score (nSPS) is 11.1. The predicted molar refractivity (Wildman–Crippen MR) is 92.5 cm³/mol. The van der Waals surface area contributed by atoms with E-state index in [9.17, 15) is 0 Å². The summed E-state index contributed by atoms with van der Waals surface area (Å²) in [6, 6.07) is 14.5. The molecule has 1 N–H and O–H groups in total. The van der Waals surface area contributed by atoms with Crippen molar-refractivity contribution in [1.82, 2.24) is 9.97 Å². The van der Waals surface area contributed by atoms with Crippen molar-refractivity contribution in [3.63, 3.8) is 0 Å². The summed E-state index contributed by atoms with van der Waals surface area (Å²) < 4.78 is 2.40. The van der Waals surface area contributed by atoms with Gasteiger partial charge in [0.05, 0.1) is 11.0 Å². The molecule has 96 valence electrons. The molecule has 0 saturated carbocycles. The molecule has 0 radical (unpaired) electrons. The van der Waals surface area contributed by atoms with Gasteiger partial charge >= 0.3 is 0 Å². The van der Waals surface area contributed by atoms with Crippen molar-refractivity contribution in [1.29, 1.82) is 0 Å². The zero-order valence-corrected chi connectivity index (χ0v) is 14.4. The van der Waals surface area contributed by atoms with E-state index in [1.165, 1.54) is 9.13 Å². The molecule has 0 aliphatic heterocycles. The van der Waals surface area contributed by atoms with E-state index in [0.29, 0.717) is 0 Å². The molecule has 0 saturated heterocycles. The summed E-state index contributed by atoms with van der Waals surface area (Å²) in [4.78, 5) is 7.90. The topological polar surface area (TPSA) is 28.7 Å². The fourth-order valence-electron chi connectivity index (χ4n) is 1.80. The number of thioether (sulfide) groups is 1. The van der Waals surface area contributed by atoms with Gasteiger partial charge in [-0.3, -0.25) is 0 Å². The molecule has 5 heteroatoms. The maximum atomic E-state index is 4.57. The minimum Gasteiger partial charge on any atom is -0.333 e. The number of hydrogen-bond donors (Lipinski definition) is 1. The van der Waals surface area contributed by atoms with Crippen molar-refractivity contribution in [3.05, 3.63) is 56.1 Å². The molecule has 0 spiro atoms. The third-order valence-corrected chi connectivity index (χ3v) is 5.11. The minimum absolute atomic E-state index is 0.900. The van der Waals surface area contributed by atoms with E-state index in [1.807, 2.05) is 24.3 Å². The molecule has 0 aliphatic carbocycles. The Hall–Kier alpha value is -0.530. The van der Waals surface area contributed by atoms with Crippen molar-refractivity contribution in [2.45, 2.75) is 10.9 Å². The molecule has 0 unspecified atom stereocenters. The second kappa shape index (κ2) is 5.85. The van der Waals surface area contributed by atoms with Crippen LogP contribution in [0.1, 0.15) is 5.56 Å². The van der Waals surface area contributed by atoms with Gasteiger partial charge in [0.25, 0.3) is 0 Å². The largest absolute Gasteiger partial charge is 0.333 e. The smallest absolute Gasteiger partial charge is 0.166 e. The number of imidazole rings is 1. The SMILES string of the molecule is Brc1ccc(I)cc1CSc1nc2ccccc2[nH]1. The number of hydrogen-bond acceptors (Lipinski definition) is 2. The minimum atomic E-state index is 0.900. The summed E-state index contributed by atoms with van der Waals surface area (Å²) in [5, 5.41) is 0.965. The highest BCUT2D eigenvalue weighted by atomic mass is 127. The molecule has 3 aromatic rings. The molecule has 19 heavy (non-hydrogen) atoms. The Balaban J connectivity index is 1.80. The lowest BCUT2D eigenvalue weighted by atomic mass is 10.2. The first kappa shape index (κ1) is 13.5. The number of para-hydroxylation sites is 2. The molecular weight excluding hydrogens is 435 g/mol. The van der Waals surface area contributed by atoms with Gasteiger partial charge in [-0.05, 0) is 58.5 Å². The van der Waals surface area contributed by atoms with E-state index >= 15 is 0 Å². The van der Waals surface area contributed by atoms with Gasteiger partial charge in [-0.15, -0.1) is 0 Å². The average molecular weight is 445 g/mol. The van der Waals surface area contributed by atoms with Gasteiger partial charge in [-0.1, -0.05) is 39.8 Å². The monoisotopic (exact) mass is 444 g/mol. The van der Waals surface area contributed by atoms with Crippen molar-refractivity contribution in [2.75, 3.05) is 0 Å². The zero-order valence-electron chi connectivity index (χ0n) is 9.86. The van der Waals surface area contributed by atoms with Gasteiger partial charge in [-0.25, -0.2) is 4.98 Å². The van der Waals surface area contributed by atoms with Gasteiger partial charge < -0.3 is 4.98 Å². The number of nitrogens with one attached hydrogen (secondary N) is 1. The highest BCUT2D eigenvalue weighted by molar-refractivity contribution is 14.1. The Bertz CT molecular complexity index is 693. The zero-order chi connectivity index (χ0) is 13.2. The van der Waals surface area contributed by atoms with Crippen molar-refractivity contribution in [2.24, 2.45) is 0 Å². The van der Waals surface area contributed by atoms with Gasteiger partial charge in [0.1, 0.15) is 0 Å². The van der Waals surface area contributed by atoms with Crippen molar-refractivity contribution in [3.8, 4) is 0 Å². The third kappa shape index (κ3) is 3.14. The molecule has 0 fully saturated rings. The quantitative estimate of drug-likeness (QED) is 0.443. The Morgan fingerprint density at radius 2 is 2.05 bits per heavy atom. The van der Waals surface area contributed by atoms with E-state index in [-0.39, 0.29) is 0 Å². The summed E-state index contributed by atoms with van der Waals surface area (Å²) >= 11 is 7.65. The number of halogens is 2. The number of rotatable bonds is 3. The first-order chi connectivity index (χ1) is 9.22. The van der Waals surface area contributed by atoms with Crippen LogP contribution in [-0.4, -0.2) is 9.97 Å². The summed E-state index contributed by atoms with van der Waals surface area (Å²) in [5.41, 5.74) is 3.40. The number of nitrogens with zero attached hydrogens (tertiary/aromatic N) is 1. The Morgan fingerprint density at radius 3 is 2.89 bits per heavy atom. The molecule has 2 aromatic carbocycles. The number of aromatic nitrogens is 2. The number of H-pyrrole nitrogens is 1. The molecule has 0 atom stereocenters. The van der Waals surface area contributed by atoms with Crippen LogP contribution in [0.15, 0.2) is 52.1 Å². The molecule has 1 aromatic heterocycles. The van der Waals surface area contributed by atoms with E-state index in [4.69, 9.17) is 0 Å². The highest BCUT2D eigenvalue weighted by Crippen LogP contribution is 2.27. The predicted octanol–water partition coefficient (Wildman–Crippen LogP) is 5.22. The van der Waals surface area contributed by atoms with Crippen LogP contribution in [-0.2, 0) is 5.75 Å². The van der Waals surface area contributed by atoms with E-state index in [0.717, 1.165) is 26.4 Å². The molecular formula is C14H10BrIN2S. The summed E-state index contributed by atoms with van der Waals surface area (Å²) in [6.45, 7) is 0. The van der Waals surface area contributed by atoms with Gasteiger partial charge in [-0.2, -0.15) is 0 Å². The molecule has 2 nitrogen and oxygen atoms in total. The maximum Gasteiger partial charge on any atom is 0.166 e. The van der Waals surface area contributed by atoms with Crippen LogP contribution >= 0.6 is 50.3 Å². The van der Waals surface area contributed by atoms with Gasteiger partial charge in [0.15, 0.2) is 5.16 Å². The number of aromatic amines is 1. The van der Waals surface area contributed by atoms with E-state index < -0.39 is 0 Å². The third-order valence-electron chi connectivity index (χ3n) is 2.74. The molecule has 0 aliphatic rings. The fraction of sp³-hybridized carbons (Fsp3) is 0.0714. The number of fused-ring (bicyclic) bond motifs is 1. The lowest BCUT2D eigenvalue weighted by molar-refractivity contribution is 1.08. The molecule has 0 amide bonds. The summed E-state index contributed by atoms with van der Waals surface area (Å²) in [5.74, 6) is 0.900. The van der Waals surface area contributed by atoms with Crippen LogP contribution in [0, 0.1) is 3.57 Å². The Morgan fingerprint density at radius 1 is 1.21 bits per heavy atom. The van der Waals surface area contributed by atoms with Crippen LogP contribution in [0.5, 0.6) is 0 Å². The standard InChI is InChI=1S/C14H10BrIN2S/c15-11-6-5-10(16)7-9(11)8-19-14-17-12-3-1-2-4-13(12)18-14/h1-7H,8H2,(H,17,18). The van der Waals surface area contributed by atoms with Gasteiger partial charge in [0, 0.05) is 13.8 Å². The molecule has 3 rings (SSSR count). The lowest BCUT2D eigenvalue weighted by Gasteiger charge is -2.03. The summed E-state index contributed by atoms with van der Waals surface area (Å²) in [6.07, 6.45) is 0. The van der Waals surface area contributed by atoms with E-state index in [2.05, 4.69) is 66.7 Å². The second-order valence-corrected chi connectivity index (χ2v) is 7.15. The first-order valence-electron chi connectivity index (χ1n) is 5.74. The van der Waals surface area contributed by atoms with Crippen LogP contribution in [0.25, 0.3) is 11.0 Å². The fourth-order valence-corrected chi connectivity index (χ4v) is 3.80. The molecule has 1 heterocycles. The first-order valence-corrected chi connectivity index (χ1v) is 8.59. The summed E-state index contributed by atoms with van der Waals surface area (Å²) in [7, 11) is 0. The second-order valence-electron chi connectivity index (χ2n) is 4.08. The highest BCUT2D eigenvalue weighted by Gasteiger charge is 2.05. The van der Waals surface area contributed by atoms with Crippen LogP contribution < -0.4 is 0 Å². The Labute approximate surface area is 137 Å². The van der Waals surface area contributed by atoms with Crippen LogP contribution in [0.3, 0.4) is 0 Å². The van der Waals surface area contributed by atoms with E-state index in [1.54, 1.807) is 11.8 Å². The van der Waals surface area contributed by atoms with Crippen molar-refractivity contribution >= 4 is 61.3 Å². The maximum absolute atomic E-state index is 4.57. The van der Waals surface area contributed by atoms with Crippen LogP contribution in [0.2, 0.25) is 0 Å². The van der Waals surface area contributed by atoms with Crippen molar-refractivity contribution < 1.29 is 0 Å². The molecule has 0 bridgehead atoms. The number of benzene rings is 2. The van der Waals surface area contributed by atoms with Gasteiger partial charge in [0.2, 0.25) is 0 Å². The average Bonchev–Trinajstić information content (AvgIpc) is 2.82. The lowest BCUT2D eigenvalue weighted by Crippen LogP contribution is -1.85. The Kier molecular flexibility index (Phi) is 4.14. The van der Waals surface area contributed by atoms with Crippen LogP contribution in [0.4, 0.5) is 0 Å².